The van der Waals surface area contributed by atoms with Crippen molar-refractivity contribution >= 4 is 11.6 Å². The van der Waals surface area contributed by atoms with Gasteiger partial charge in [-0.1, -0.05) is 12.1 Å². The van der Waals surface area contributed by atoms with Crippen molar-refractivity contribution in [1.82, 2.24) is 10.6 Å². The number of fused-ring (bicyclic) bond motifs is 1. The summed E-state index contributed by atoms with van der Waals surface area (Å²) in [7, 11) is 1.64. The molecule has 0 bridgehead atoms. The van der Waals surface area contributed by atoms with Gasteiger partial charge in [-0.15, -0.1) is 0 Å². The summed E-state index contributed by atoms with van der Waals surface area (Å²) in [6.45, 7) is 2.04. The lowest BCUT2D eigenvalue weighted by Crippen LogP contribution is -2.28. The van der Waals surface area contributed by atoms with Crippen LogP contribution in [0.5, 0.6) is 5.75 Å². The summed E-state index contributed by atoms with van der Waals surface area (Å²) < 4.78 is 5.12. The van der Waals surface area contributed by atoms with E-state index in [0.29, 0.717) is 12.1 Å². The molecule has 1 aliphatic rings. The van der Waals surface area contributed by atoms with Crippen LogP contribution in [0.25, 0.3) is 0 Å². The molecule has 0 fully saturated rings. The van der Waals surface area contributed by atoms with Crippen molar-refractivity contribution < 1.29 is 9.53 Å². The van der Waals surface area contributed by atoms with Crippen LogP contribution in [-0.4, -0.2) is 19.7 Å². The highest BCUT2D eigenvalue weighted by Gasteiger charge is 2.11. The zero-order valence-corrected chi connectivity index (χ0v) is 12.5. The maximum absolute atomic E-state index is 12.3. The van der Waals surface area contributed by atoms with E-state index in [1.807, 2.05) is 42.5 Å². The Morgan fingerprint density at radius 1 is 1.23 bits per heavy atom. The molecule has 0 saturated heterocycles. The summed E-state index contributed by atoms with van der Waals surface area (Å²) in [5.74, 6) is 0.744. The number of amides is 1. The van der Waals surface area contributed by atoms with Crippen LogP contribution in [0.4, 0.5) is 5.69 Å². The summed E-state index contributed by atoms with van der Waals surface area (Å²) in [5.41, 5.74) is 3.92. The highest BCUT2D eigenvalue weighted by molar-refractivity contribution is 5.94. The zero-order chi connectivity index (χ0) is 15.4. The van der Waals surface area contributed by atoms with Gasteiger partial charge >= 0.3 is 0 Å². The second kappa shape index (κ2) is 6.49. The molecule has 5 heteroatoms. The van der Waals surface area contributed by atoms with Gasteiger partial charge in [-0.2, -0.15) is 0 Å². The molecule has 3 N–H and O–H groups in total. The third-order valence-corrected chi connectivity index (χ3v) is 3.70. The van der Waals surface area contributed by atoms with E-state index in [2.05, 4.69) is 16.0 Å². The van der Waals surface area contributed by atoms with Crippen LogP contribution in [-0.2, 0) is 13.1 Å². The van der Waals surface area contributed by atoms with Gasteiger partial charge in [-0.3, -0.25) is 10.1 Å². The van der Waals surface area contributed by atoms with E-state index in [-0.39, 0.29) is 5.91 Å². The highest BCUT2D eigenvalue weighted by Crippen LogP contribution is 2.19. The van der Waals surface area contributed by atoms with Gasteiger partial charge in [-0.25, -0.2) is 0 Å². The van der Waals surface area contributed by atoms with Crippen molar-refractivity contribution in [3.8, 4) is 5.75 Å². The van der Waals surface area contributed by atoms with E-state index in [4.69, 9.17) is 4.74 Å². The van der Waals surface area contributed by atoms with Gasteiger partial charge in [0.25, 0.3) is 5.91 Å². The van der Waals surface area contributed by atoms with Crippen LogP contribution >= 0.6 is 0 Å². The number of anilines is 1. The Balaban J connectivity index is 1.64. The van der Waals surface area contributed by atoms with Crippen LogP contribution < -0.4 is 20.7 Å². The van der Waals surface area contributed by atoms with E-state index >= 15 is 0 Å². The van der Waals surface area contributed by atoms with Crippen LogP contribution in [0.1, 0.15) is 21.5 Å². The lowest BCUT2D eigenvalue weighted by molar-refractivity contribution is 0.0951. The summed E-state index contributed by atoms with van der Waals surface area (Å²) in [6, 6.07) is 13.4. The van der Waals surface area contributed by atoms with Crippen LogP contribution in [0, 0.1) is 0 Å². The Kier molecular flexibility index (Phi) is 4.25. The quantitative estimate of drug-likeness (QED) is 0.809. The summed E-state index contributed by atoms with van der Waals surface area (Å²) in [5, 5.41) is 9.40. The minimum Gasteiger partial charge on any atom is -0.497 e. The predicted molar refractivity (Wildman–Crippen MR) is 85.9 cm³/mol. The standard InChI is InChI=1S/C17H19N3O2/c1-22-15-5-2-12(3-6-15)9-19-17(21)13-4-7-16-14(8-13)10-18-11-20-16/h2-8,18,20H,9-11H2,1H3,(H,19,21). The maximum Gasteiger partial charge on any atom is 0.251 e. The molecular weight excluding hydrogens is 278 g/mol. The third kappa shape index (κ3) is 3.20. The molecule has 0 aromatic heterocycles. The molecule has 0 unspecified atom stereocenters. The maximum atomic E-state index is 12.3. The summed E-state index contributed by atoms with van der Waals surface area (Å²) in [4.78, 5) is 12.3. The molecule has 22 heavy (non-hydrogen) atoms. The normalized spacial score (nSPS) is 13.0. The van der Waals surface area contributed by atoms with Crippen molar-refractivity contribution in [1.29, 1.82) is 0 Å². The second-order valence-electron chi connectivity index (χ2n) is 5.18. The number of rotatable bonds is 4. The van der Waals surface area contributed by atoms with Gasteiger partial charge in [0, 0.05) is 24.3 Å². The molecular formula is C17H19N3O2. The predicted octanol–water partition coefficient (Wildman–Crippen LogP) is 2.10. The molecule has 114 valence electrons. The van der Waals surface area contributed by atoms with Gasteiger partial charge in [0.2, 0.25) is 0 Å². The number of methoxy groups -OCH3 is 1. The van der Waals surface area contributed by atoms with Crippen molar-refractivity contribution in [2.24, 2.45) is 0 Å². The fourth-order valence-electron chi connectivity index (χ4n) is 2.44. The van der Waals surface area contributed by atoms with Crippen LogP contribution in [0.2, 0.25) is 0 Å². The molecule has 1 aliphatic heterocycles. The lowest BCUT2D eigenvalue weighted by Gasteiger charge is -2.19. The van der Waals surface area contributed by atoms with E-state index in [1.165, 1.54) is 0 Å². The number of carbonyl (C=O) groups excluding carboxylic acids is 1. The summed E-state index contributed by atoms with van der Waals surface area (Å²) in [6.07, 6.45) is 0. The van der Waals surface area contributed by atoms with E-state index in [1.54, 1.807) is 7.11 Å². The molecule has 0 atom stereocenters. The third-order valence-electron chi connectivity index (χ3n) is 3.70. The van der Waals surface area contributed by atoms with Crippen molar-refractivity contribution in [2.45, 2.75) is 13.1 Å². The van der Waals surface area contributed by atoms with Crippen molar-refractivity contribution in [3.05, 3.63) is 59.2 Å². The first-order valence-corrected chi connectivity index (χ1v) is 7.25. The minimum absolute atomic E-state index is 0.0656. The van der Waals surface area contributed by atoms with Gasteiger partial charge in [0.15, 0.2) is 0 Å². The van der Waals surface area contributed by atoms with Crippen LogP contribution in [0.15, 0.2) is 42.5 Å². The molecule has 0 radical (unpaired) electrons. The van der Waals surface area contributed by atoms with Gasteiger partial charge in [0.05, 0.1) is 13.8 Å². The Bertz CT molecular complexity index is 668. The van der Waals surface area contributed by atoms with E-state index in [9.17, 15) is 4.79 Å². The van der Waals surface area contributed by atoms with E-state index < -0.39 is 0 Å². The first-order valence-electron chi connectivity index (χ1n) is 7.25. The topological polar surface area (TPSA) is 62.4 Å². The molecule has 2 aromatic carbocycles. The molecule has 2 aromatic rings. The van der Waals surface area contributed by atoms with E-state index in [0.717, 1.165) is 35.8 Å². The first-order chi connectivity index (χ1) is 10.8. The molecule has 0 saturated carbocycles. The highest BCUT2D eigenvalue weighted by atomic mass is 16.5. The zero-order valence-electron chi connectivity index (χ0n) is 12.5. The largest absolute Gasteiger partial charge is 0.497 e. The van der Waals surface area contributed by atoms with Gasteiger partial charge in [0.1, 0.15) is 5.75 Å². The molecule has 1 amide bonds. The Hall–Kier alpha value is -2.53. The van der Waals surface area contributed by atoms with Crippen molar-refractivity contribution in [2.75, 3.05) is 19.1 Å². The minimum atomic E-state index is -0.0656. The number of hydrogen-bond donors (Lipinski definition) is 3. The molecule has 0 spiro atoms. The molecule has 0 aliphatic carbocycles. The summed E-state index contributed by atoms with van der Waals surface area (Å²) >= 11 is 0. The fraction of sp³-hybridized carbons (Fsp3) is 0.235. The SMILES string of the molecule is COc1ccc(CNC(=O)c2ccc3c(c2)CNCN3)cc1. The Labute approximate surface area is 129 Å². The number of hydrogen-bond acceptors (Lipinski definition) is 4. The smallest absolute Gasteiger partial charge is 0.251 e. The van der Waals surface area contributed by atoms with Crippen LogP contribution in [0.3, 0.4) is 0 Å². The molecule has 3 rings (SSSR count). The second-order valence-corrected chi connectivity index (χ2v) is 5.18. The first kappa shape index (κ1) is 14.4. The number of ether oxygens (including phenoxy) is 1. The number of carbonyl (C=O) groups is 1. The lowest BCUT2D eigenvalue weighted by atomic mass is 10.1. The Morgan fingerprint density at radius 3 is 2.82 bits per heavy atom. The van der Waals surface area contributed by atoms with Gasteiger partial charge in [-0.05, 0) is 41.5 Å². The fourth-order valence-corrected chi connectivity index (χ4v) is 2.44. The Morgan fingerprint density at radius 2 is 2.05 bits per heavy atom. The number of nitrogens with one attached hydrogen (secondary N) is 3. The average Bonchev–Trinajstić information content (AvgIpc) is 2.59. The molecule has 1 heterocycles. The van der Waals surface area contributed by atoms with Crippen molar-refractivity contribution in [3.63, 3.8) is 0 Å². The molecule has 5 nitrogen and oxygen atoms in total. The monoisotopic (exact) mass is 297 g/mol. The number of benzene rings is 2. The van der Waals surface area contributed by atoms with Gasteiger partial charge < -0.3 is 15.4 Å². The average molecular weight is 297 g/mol.